The second-order valence-corrected chi connectivity index (χ2v) is 9.94. The molecule has 0 saturated carbocycles. The van der Waals surface area contributed by atoms with Crippen molar-refractivity contribution in [2.75, 3.05) is 25.4 Å². The summed E-state index contributed by atoms with van der Waals surface area (Å²) in [4.78, 5) is 89.2. The van der Waals surface area contributed by atoms with Gasteiger partial charge in [-0.1, -0.05) is 30.3 Å². The predicted molar refractivity (Wildman–Crippen MR) is 134 cm³/mol. The van der Waals surface area contributed by atoms with Crippen LogP contribution in [-0.2, 0) is 28.7 Å². The van der Waals surface area contributed by atoms with E-state index in [4.69, 9.17) is 4.74 Å². The Balaban J connectivity index is 1.50. The molecule has 7 amide bonds. The second kappa shape index (κ2) is 11.1. The van der Waals surface area contributed by atoms with Gasteiger partial charge in [0.1, 0.15) is 29.8 Å². The first-order valence-corrected chi connectivity index (χ1v) is 12.8. The molecule has 1 aromatic rings. The lowest BCUT2D eigenvalue weighted by atomic mass is 10.0. The van der Waals surface area contributed by atoms with Crippen LogP contribution in [-0.4, -0.2) is 98.4 Å². The molecular weight excluding hydrogens is 534 g/mol. The van der Waals surface area contributed by atoms with E-state index in [-0.39, 0.29) is 36.7 Å². The first-order valence-electron chi connectivity index (χ1n) is 11.8. The molecule has 0 radical (unpaired) electrons. The number of carboxylic acids is 1. The zero-order valence-electron chi connectivity index (χ0n) is 20.9. The summed E-state index contributed by atoms with van der Waals surface area (Å²) >= 11 is 1.19. The normalized spacial score (nSPS) is 21.1. The third-order valence-corrected chi connectivity index (χ3v) is 7.63. The van der Waals surface area contributed by atoms with Gasteiger partial charge in [0.2, 0.25) is 11.8 Å². The first-order chi connectivity index (χ1) is 18.5. The fourth-order valence-corrected chi connectivity index (χ4v) is 5.71. The van der Waals surface area contributed by atoms with E-state index in [2.05, 4.69) is 10.6 Å². The van der Waals surface area contributed by atoms with Crippen LogP contribution in [0.2, 0.25) is 0 Å². The number of β-lactam (4-membered cyclic amide) rings is 1. The Morgan fingerprint density at radius 1 is 1.08 bits per heavy atom. The number of hydrogen-bond acceptors (Lipinski definition) is 9. The summed E-state index contributed by atoms with van der Waals surface area (Å²) in [6.07, 6.45) is 0. The van der Waals surface area contributed by atoms with Crippen LogP contribution >= 0.6 is 11.8 Å². The van der Waals surface area contributed by atoms with Crippen LogP contribution in [0.3, 0.4) is 0 Å². The Hall–Kier alpha value is -4.40. The predicted octanol–water partition coefficient (Wildman–Crippen LogP) is 0.0231. The van der Waals surface area contributed by atoms with E-state index in [0.717, 1.165) is 14.7 Å². The number of hydrogen-bond donors (Lipinski definition) is 3. The molecule has 2 unspecified atom stereocenters. The molecule has 0 aliphatic carbocycles. The number of aliphatic carboxylic acids is 1. The number of ether oxygens (including phenoxy) is 1. The standard InChI is InChI=1S/C24H25N5O9S/c1-12(30)27-8-9-28(24(27)37)23(36)26-16(14-6-4-3-5-7-14)19(32)25-17-20(33)29-18(22(34)35)15(10-38-13(2)31)11-39-21(17)29/h3-7,16-17,21H,8-11H2,1-2H3,(H,25,32)(H,26,36)(H,34,35)/t16?,17?,21-/m0/s1. The number of nitrogens with one attached hydrogen (secondary N) is 2. The maximum Gasteiger partial charge on any atom is 0.352 e. The van der Waals surface area contributed by atoms with Crippen LogP contribution in [0.4, 0.5) is 9.59 Å². The lowest BCUT2D eigenvalue weighted by Crippen LogP contribution is -2.71. The first kappa shape index (κ1) is 27.6. The van der Waals surface area contributed by atoms with Crippen LogP contribution in [0, 0.1) is 0 Å². The molecule has 3 aliphatic heterocycles. The van der Waals surface area contributed by atoms with Crippen molar-refractivity contribution in [1.29, 1.82) is 0 Å². The van der Waals surface area contributed by atoms with E-state index in [1.54, 1.807) is 30.3 Å². The Kier molecular flexibility index (Phi) is 7.90. The summed E-state index contributed by atoms with van der Waals surface area (Å²) in [5.41, 5.74) is 0.320. The number of carboxylic acid groups (broad SMARTS) is 1. The van der Waals surface area contributed by atoms with Crippen LogP contribution in [0.15, 0.2) is 41.6 Å². The average Bonchev–Trinajstić information content (AvgIpc) is 3.30. The van der Waals surface area contributed by atoms with Gasteiger partial charge >= 0.3 is 24.0 Å². The second-order valence-electron chi connectivity index (χ2n) is 8.83. The van der Waals surface area contributed by atoms with Gasteiger partial charge in [-0.25, -0.2) is 19.3 Å². The molecule has 206 valence electrons. The van der Waals surface area contributed by atoms with Gasteiger partial charge in [0.25, 0.3) is 5.91 Å². The van der Waals surface area contributed by atoms with Crippen molar-refractivity contribution in [1.82, 2.24) is 25.3 Å². The minimum absolute atomic E-state index is 0.0218. The van der Waals surface area contributed by atoms with E-state index in [1.165, 1.54) is 25.6 Å². The van der Waals surface area contributed by atoms with E-state index in [9.17, 15) is 38.7 Å². The number of urea groups is 2. The minimum Gasteiger partial charge on any atom is -0.477 e. The van der Waals surface area contributed by atoms with Gasteiger partial charge in [-0.15, -0.1) is 11.8 Å². The monoisotopic (exact) mass is 559 g/mol. The Morgan fingerprint density at radius 2 is 1.74 bits per heavy atom. The molecule has 2 saturated heterocycles. The maximum atomic E-state index is 13.4. The molecule has 1 aromatic carbocycles. The van der Waals surface area contributed by atoms with Crippen molar-refractivity contribution in [3.05, 3.63) is 47.2 Å². The summed E-state index contributed by atoms with van der Waals surface area (Å²) in [5, 5.41) is 14.1. The number of carbonyl (C=O) groups is 7. The molecule has 3 aliphatic rings. The van der Waals surface area contributed by atoms with Gasteiger partial charge in [0.05, 0.1) is 6.54 Å². The Morgan fingerprint density at radius 3 is 2.33 bits per heavy atom. The van der Waals surface area contributed by atoms with E-state index < -0.39 is 59.2 Å². The average molecular weight is 560 g/mol. The highest BCUT2D eigenvalue weighted by Crippen LogP contribution is 2.40. The smallest absolute Gasteiger partial charge is 0.352 e. The van der Waals surface area contributed by atoms with Crippen LogP contribution < -0.4 is 10.6 Å². The van der Waals surface area contributed by atoms with Crippen molar-refractivity contribution in [2.24, 2.45) is 0 Å². The maximum absolute atomic E-state index is 13.4. The van der Waals surface area contributed by atoms with Crippen LogP contribution in [0.25, 0.3) is 0 Å². The van der Waals surface area contributed by atoms with Gasteiger partial charge in [-0.3, -0.25) is 29.0 Å². The van der Waals surface area contributed by atoms with Crippen molar-refractivity contribution in [2.45, 2.75) is 31.3 Å². The quantitative estimate of drug-likeness (QED) is 0.304. The number of nitrogens with zero attached hydrogens (tertiary/aromatic N) is 3. The molecule has 39 heavy (non-hydrogen) atoms. The van der Waals surface area contributed by atoms with E-state index in [1.807, 2.05) is 0 Å². The van der Waals surface area contributed by atoms with Gasteiger partial charge in [0.15, 0.2) is 0 Å². The van der Waals surface area contributed by atoms with E-state index in [0.29, 0.717) is 5.56 Å². The lowest BCUT2D eigenvalue weighted by Gasteiger charge is -2.49. The zero-order valence-corrected chi connectivity index (χ0v) is 21.7. The van der Waals surface area contributed by atoms with Gasteiger partial charge in [-0.2, -0.15) is 0 Å². The third kappa shape index (κ3) is 5.43. The zero-order chi connectivity index (χ0) is 28.4. The molecule has 0 spiro atoms. The number of imide groups is 2. The fourth-order valence-electron chi connectivity index (χ4n) is 4.38. The molecule has 2 fully saturated rings. The summed E-state index contributed by atoms with van der Waals surface area (Å²) < 4.78 is 4.91. The number of benzene rings is 1. The van der Waals surface area contributed by atoms with Crippen molar-refractivity contribution >= 4 is 53.5 Å². The number of fused-ring (bicyclic) bond motifs is 1. The third-order valence-electron chi connectivity index (χ3n) is 6.29. The topological polar surface area (TPSA) is 183 Å². The van der Waals surface area contributed by atoms with Crippen molar-refractivity contribution in [3.8, 4) is 0 Å². The number of amides is 7. The molecular formula is C24H25N5O9S. The highest BCUT2D eigenvalue weighted by molar-refractivity contribution is 8.00. The lowest BCUT2D eigenvalue weighted by molar-refractivity contribution is -0.151. The molecule has 15 heteroatoms. The number of thioether (sulfide) groups is 1. The SMILES string of the molecule is CC(=O)OCC1=C(C(=O)O)N2C(=O)C(NC(=O)C(NC(=O)N3CCN(C(C)=O)C3=O)c3ccccc3)[C@@H]2SC1. The molecule has 4 rings (SSSR count). The summed E-state index contributed by atoms with van der Waals surface area (Å²) in [7, 11) is 0. The van der Waals surface area contributed by atoms with Crippen molar-refractivity contribution < 1.29 is 43.4 Å². The van der Waals surface area contributed by atoms with Gasteiger partial charge in [0, 0.05) is 31.7 Å². The molecule has 3 N–H and O–H groups in total. The molecule has 3 atom stereocenters. The summed E-state index contributed by atoms with van der Waals surface area (Å²) in [6.45, 7) is 2.07. The minimum atomic E-state index is -1.37. The van der Waals surface area contributed by atoms with Crippen LogP contribution in [0.5, 0.6) is 0 Å². The number of carbonyl (C=O) groups excluding carboxylic acids is 6. The fraction of sp³-hybridized carbons (Fsp3) is 0.375. The van der Waals surface area contributed by atoms with E-state index >= 15 is 0 Å². The Bertz CT molecular complexity index is 1280. The number of rotatable bonds is 7. The summed E-state index contributed by atoms with van der Waals surface area (Å²) in [6, 6.07) is 4.04. The Labute approximate surface area is 226 Å². The highest BCUT2D eigenvalue weighted by atomic mass is 32.2. The summed E-state index contributed by atoms with van der Waals surface area (Å²) in [5.74, 6) is -3.77. The number of esters is 1. The highest BCUT2D eigenvalue weighted by Gasteiger charge is 2.54. The van der Waals surface area contributed by atoms with Gasteiger partial charge in [-0.05, 0) is 5.56 Å². The van der Waals surface area contributed by atoms with Crippen LogP contribution in [0.1, 0.15) is 25.5 Å². The van der Waals surface area contributed by atoms with Gasteiger partial charge < -0.3 is 20.5 Å². The molecule has 0 aromatic heterocycles. The largest absolute Gasteiger partial charge is 0.477 e. The van der Waals surface area contributed by atoms with Crippen molar-refractivity contribution in [3.63, 3.8) is 0 Å². The molecule has 0 bridgehead atoms. The molecule has 3 heterocycles. The molecule has 14 nitrogen and oxygen atoms in total.